The summed E-state index contributed by atoms with van der Waals surface area (Å²) in [5, 5.41) is 11.6. The van der Waals surface area contributed by atoms with Gasteiger partial charge < -0.3 is 15.7 Å². The highest BCUT2D eigenvalue weighted by atomic mass is 16.5. The molecular formula is C10H15N3O2. The van der Waals surface area contributed by atoms with Crippen LogP contribution in [0.5, 0.6) is 5.88 Å². The molecule has 3 N–H and O–H groups in total. The molecular weight excluding hydrogens is 194 g/mol. The number of aromatic nitrogens is 1. The van der Waals surface area contributed by atoms with Crippen LogP contribution in [0.3, 0.4) is 0 Å². The van der Waals surface area contributed by atoms with Gasteiger partial charge in [-0.25, -0.2) is 4.98 Å². The Labute approximate surface area is 88.6 Å². The van der Waals surface area contributed by atoms with Crippen molar-refractivity contribution in [3.05, 3.63) is 22.9 Å². The first-order valence-electron chi connectivity index (χ1n) is 4.66. The number of hydrogen-bond acceptors (Lipinski definition) is 4. The van der Waals surface area contributed by atoms with Gasteiger partial charge in [-0.15, -0.1) is 0 Å². The number of pyridine rings is 1. The van der Waals surface area contributed by atoms with Crippen LogP contribution in [0.2, 0.25) is 0 Å². The standard InChI is InChI=1S/C10H15N3O2/c1-4-7-5-8(9(11)13-14)6(2)12-10(7)15-3/h5,14H,4H2,1-3H3,(H2,11,13). The molecule has 1 rings (SSSR count). The van der Waals surface area contributed by atoms with Gasteiger partial charge in [0.2, 0.25) is 5.88 Å². The number of nitrogens with two attached hydrogens (primary N) is 1. The van der Waals surface area contributed by atoms with Crippen LogP contribution in [0, 0.1) is 6.92 Å². The van der Waals surface area contributed by atoms with Crippen LogP contribution in [-0.4, -0.2) is 23.1 Å². The molecule has 1 aromatic rings. The Kier molecular flexibility index (Phi) is 3.49. The number of aryl methyl sites for hydroxylation is 2. The molecule has 0 saturated heterocycles. The topological polar surface area (TPSA) is 80.7 Å². The third-order valence-electron chi connectivity index (χ3n) is 2.21. The van der Waals surface area contributed by atoms with Crippen molar-refractivity contribution in [1.29, 1.82) is 0 Å². The van der Waals surface area contributed by atoms with Gasteiger partial charge in [-0.2, -0.15) is 0 Å². The van der Waals surface area contributed by atoms with E-state index in [-0.39, 0.29) is 5.84 Å². The molecule has 0 amide bonds. The van der Waals surface area contributed by atoms with Crippen LogP contribution in [0.1, 0.15) is 23.7 Å². The van der Waals surface area contributed by atoms with Gasteiger partial charge in [-0.05, 0) is 19.4 Å². The summed E-state index contributed by atoms with van der Waals surface area (Å²) in [6, 6.07) is 1.83. The van der Waals surface area contributed by atoms with Crippen molar-refractivity contribution in [2.45, 2.75) is 20.3 Å². The molecule has 0 aliphatic heterocycles. The highest BCUT2D eigenvalue weighted by molar-refractivity contribution is 5.98. The molecule has 1 heterocycles. The fourth-order valence-electron chi connectivity index (χ4n) is 1.37. The molecule has 5 heteroatoms. The van der Waals surface area contributed by atoms with Crippen LogP contribution in [0.4, 0.5) is 0 Å². The van der Waals surface area contributed by atoms with Crippen molar-refractivity contribution in [2.24, 2.45) is 10.9 Å². The summed E-state index contributed by atoms with van der Waals surface area (Å²) in [4.78, 5) is 4.24. The van der Waals surface area contributed by atoms with Crippen molar-refractivity contribution in [2.75, 3.05) is 7.11 Å². The van der Waals surface area contributed by atoms with Crippen LogP contribution in [0.25, 0.3) is 0 Å². The molecule has 82 valence electrons. The third-order valence-corrected chi connectivity index (χ3v) is 2.21. The molecule has 0 aliphatic carbocycles. The molecule has 1 aromatic heterocycles. The average molecular weight is 209 g/mol. The number of hydrogen-bond donors (Lipinski definition) is 2. The summed E-state index contributed by atoms with van der Waals surface area (Å²) in [6.07, 6.45) is 0.780. The van der Waals surface area contributed by atoms with E-state index in [1.165, 1.54) is 0 Å². The van der Waals surface area contributed by atoms with Crippen LogP contribution in [-0.2, 0) is 6.42 Å². The van der Waals surface area contributed by atoms with Gasteiger partial charge >= 0.3 is 0 Å². The van der Waals surface area contributed by atoms with E-state index in [1.807, 2.05) is 13.0 Å². The first kappa shape index (κ1) is 11.3. The lowest BCUT2D eigenvalue weighted by molar-refractivity contribution is 0.318. The Morgan fingerprint density at radius 3 is 2.80 bits per heavy atom. The fourth-order valence-corrected chi connectivity index (χ4v) is 1.37. The van der Waals surface area contributed by atoms with Gasteiger partial charge in [0.15, 0.2) is 5.84 Å². The Morgan fingerprint density at radius 1 is 1.67 bits per heavy atom. The molecule has 0 aromatic carbocycles. The maximum atomic E-state index is 8.61. The number of amidine groups is 1. The molecule has 0 bridgehead atoms. The van der Waals surface area contributed by atoms with E-state index in [0.29, 0.717) is 17.1 Å². The highest BCUT2D eigenvalue weighted by Gasteiger charge is 2.11. The lowest BCUT2D eigenvalue weighted by atomic mass is 10.1. The molecule has 0 radical (unpaired) electrons. The summed E-state index contributed by atoms with van der Waals surface area (Å²) in [5.41, 5.74) is 7.78. The van der Waals surface area contributed by atoms with E-state index in [2.05, 4.69) is 10.1 Å². The molecule has 0 aliphatic rings. The van der Waals surface area contributed by atoms with E-state index in [9.17, 15) is 0 Å². The summed E-state index contributed by atoms with van der Waals surface area (Å²) >= 11 is 0. The van der Waals surface area contributed by atoms with Gasteiger partial charge in [0.25, 0.3) is 0 Å². The Hall–Kier alpha value is -1.78. The lowest BCUT2D eigenvalue weighted by Crippen LogP contribution is -2.16. The number of methoxy groups -OCH3 is 1. The van der Waals surface area contributed by atoms with E-state index >= 15 is 0 Å². The molecule has 15 heavy (non-hydrogen) atoms. The van der Waals surface area contributed by atoms with Gasteiger partial charge in [0.1, 0.15) is 0 Å². The van der Waals surface area contributed by atoms with Gasteiger partial charge in [0, 0.05) is 11.1 Å². The second-order valence-electron chi connectivity index (χ2n) is 3.13. The quantitative estimate of drug-likeness (QED) is 0.337. The summed E-state index contributed by atoms with van der Waals surface area (Å²) in [6.45, 7) is 3.78. The number of oxime groups is 1. The molecule has 0 atom stereocenters. The van der Waals surface area contributed by atoms with Crippen molar-refractivity contribution < 1.29 is 9.94 Å². The fraction of sp³-hybridized carbons (Fsp3) is 0.400. The number of ether oxygens (including phenoxy) is 1. The first-order chi connectivity index (χ1) is 7.13. The lowest BCUT2D eigenvalue weighted by Gasteiger charge is -2.10. The smallest absolute Gasteiger partial charge is 0.216 e. The summed E-state index contributed by atoms with van der Waals surface area (Å²) < 4.78 is 5.13. The molecule has 5 nitrogen and oxygen atoms in total. The van der Waals surface area contributed by atoms with E-state index in [0.717, 1.165) is 12.0 Å². The van der Waals surface area contributed by atoms with Crippen LogP contribution in [0.15, 0.2) is 11.2 Å². The third kappa shape index (κ3) is 2.18. The van der Waals surface area contributed by atoms with Crippen molar-refractivity contribution in [1.82, 2.24) is 4.98 Å². The predicted octanol–water partition coefficient (Wildman–Crippen LogP) is 1.06. The molecule has 0 spiro atoms. The SMILES string of the molecule is CCc1cc(/C(N)=N/O)c(C)nc1OC. The Morgan fingerprint density at radius 2 is 2.33 bits per heavy atom. The first-order valence-corrected chi connectivity index (χ1v) is 4.66. The van der Waals surface area contributed by atoms with Crippen molar-refractivity contribution in [3.8, 4) is 5.88 Å². The largest absolute Gasteiger partial charge is 0.481 e. The molecule has 0 saturated carbocycles. The van der Waals surface area contributed by atoms with Gasteiger partial charge in [-0.1, -0.05) is 12.1 Å². The van der Waals surface area contributed by atoms with Gasteiger partial charge in [-0.3, -0.25) is 0 Å². The zero-order valence-corrected chi connectivity index (χ0v) is 9.11. The Balaban J connectivity index is 3.32. The highest BCUT2D eigenvalue weighted by Crippen LogP contribution is 2.19. The van der Waals surface area contributed by atoms with Crippen molar-refractivity contribution >= 4 is 5.84 Å². The van der Waals surface area contributed by atoms with E-state index in [4.69, 9.17) is 15.7 Å². The average Bonchev–Trinajstić information content (AvgIpc) is 2.27. The molecule has 0 fully saturated rings. The summed E-state index contributed by atoms with van der Waals surface area (Å²) in [5.74, 6) is 0.654. The minimum atomic E-state index is 0.0670. The summed E-state index contributed by atoms with van der Waals surface area (Å²) in [7, 11) is 1.57. The molecule has 0 unspecified atom stereocenters. The monoisotopic (exact) mass is 209 g/mol. The maximum Gasteiger partial charge on any atom is 0.216 e. The maximum absolute atomic E-state index is 8.61. The number of nitrogens with zero attached hydrogens (tertiary/aromatic N) is 2. The minimum absolute atomic E-state index is 0.0670. The van der Waals surface area contributed by atoms with E-state index < -0.39 is 0 Å². The van der Waals surface area contributed by atoms with Gasteiger partial charge in [0.05, 0.1) is 12.8 Å². The normalized spacial score (nSPS) is 11.5. The second kappa shape index (κ2) is 4.63. The van der Waals surface area contributed by atoms with Crippen molar-refractivity contribution in [3.63, 3.8) is 0 Å². The predicted molar refractivity (Wildman–Crippen MR) is 57.4 cm³/mol. The van der Waals surface area contributed by atoms with Crippen LogP contribution < -0.4 is 10.5 Å². The van der Waals surface area contributed by atoms with E-state index in [1.54, 1.807) is 14.0 Å². The Bertz CT molecular complexity index is 388. The zero-order valence-electron chi connectivity index (χ0n) is 9.11. The second-order valence-corrected chi connectivity index (χ2v) is 3.13. The number of rotatable bonds is 3. The minimum Gasteiger partial charge on any atom is -0.481 e. The van der Waals surface area contributed by atoms with Crippen LogP contribution >= 0.6 is 0 Å². The zero-order chi connectivity index (χ0) is 11.4.